The summed E-state index contributed by atoms with van der Waals surface area (Å²) in [5.41, 5.74) is 4.29. The second-order valence-electron chi connectivity index (χ2n) is 8.85. The molecule has 6 rings (SSSR count). The molecule has 1 amide bonds. The van der Waals surface area contributed by atoms with Crippen LogP contribution in [0.5, 0.6) is 5.75 Å². The van der Waals surface area contributed by atoms with E-state index in [1.165, 1.54) is 0 Å². The number of likely N-dealkylation sites (tertiary alicyclic amines) is 1. The SMILES string of the molecule is COc1ccc(C2CC(=O)N(Cc3cccc(-c4ccncc4)c3F)C2)c2c1oc1ccccc12. The smallest absolute Gasteiger partial charge is 0.223 e. The van der Waals surface area contributed by atoms with Crippen LogP contribution in [0.1, 0.15) is 23.5 Å². The van der Waals surface area contributed by atoms with Crippen LogP contribution < -0.4 is 4.74 Å². The quantitative estimate of drug-likeness (QED) is 0.305. The summed E-state index contributed by atoms with van der Waals surface area (Å²) in [5, 5.41) is 1.98. The lowest BCUT2D eigenvalue weighted by atomic mass is 9.93. The fourth-order valence-corrected chi connectivity index (χ4v) is 5.13. The molecular weight excluding hydrogens is 443 g/mol. The molecule has 0 spiro atoms. The third kappa shape index (κ3) is 3.62. The summed E-state index contributed by atoms with van der Waals surface area (Å²) in [6, 6.07) is 20.7. The molecule has 2 aromatic heterocycles. The van der Waals surface area contributed by atoms with Gasteiger partial charge in [-0.05, 0) is 35.4 Å². The topological polar surface area (TPSA) is 55.6 Å². The Labute approximate surface area is 201 Å². The number of nitrogens with zero attached hydrogens (tertiary/aromatic N) is 2. The molecule has 5 nitrogen and oxygen atoms in total. The van der Waals surface area contributed by atoms with E-state index in [1.807, 2.05) is 42.5 Å². The highest BCUT2D eigenvalue weighted by Gasteiger charge is 2.33. The van der Waals surface area contributed by atoms with Gasteiger partial charge in [-0.2, -0.15) is 0 Å². The lowest BCUT2D eigenvalue weighted by Crippen LogP contribution is -2.25. The van der Waals surface area contributed by atoms with Gasteiger partial charge < -0.3 is 14.1 Å². The molecule has 1 aliphatic heterocycles. The van der Waals surface area contributed by atoms with E-state index >= 15 is 4.39 Å². The van der Waals surface area contributed by atoms with Crippen molar-refractivity contribution in [1.29, 1.82) is 0 Å². The molecule has 0 bridgehead atoms. The number of para-hydroxylation sites is 1. The van der Waals surface area contributed by atoms with Crippen LogP contribution in [-0.2, 0) is 11.3 Å². The Kier molecular flexibility index (Phi) is 5.21. The summed E-state index contributed by atoms with van der Waals surface area (Å²) < 4.78 is 27.1. The molecule has 0 saturated carbocycles. The number of pyridine rings is 1. The first-order valence-electron chi connectivity index (χ1n) is 11.6. The molecule has 5 aromatic rings. The third-order valence-corrected chi connectivity index (χ3v) is 6.83. The maximum Gasteiger partial charge on any atom is 0.223 e. The number of hydrogen-bond acceptors (Lipinski definition) is 4. The van der Waals surface area contributed by atoms with Crippen molar-refractivity contribution in [2.24, 2.45) is 0 Å². The van der Waals surface area contributed by atoms with E-state index in [0.717, 1.165) is 27.5 Å². The molecule has 1 saturated heterocycles. The molecule has 1 aliphatic rings. The van der Waals surface area contributed by atoms with Gasteiger partial charge in [0.25, 0.3) is 0 Å². The number of carbonyl (C=O) groups is 1. The van der Waals surface area contributed by atoms with E-state index in [-0.39, 0.29) is 24.2 Å². The summed E-state index contributed by atoms with van der Waals surface area (Å²) in [5.74, 6) is 0.350. The number of amides is 1. The first-order chi connectivity index (χ1) is 17.1. The number of ether oxygens (including phenoxy) is 1. The van der Waals surface area contributed by atoms with Crippen molar-refractivity contribution in [2.75, 3.05) is 13.7 Å². The molecule has 174 valence electrons. The van der Waals surface area contributed by atoms with Gasteiger partial charge >= 0.3 is 0 Å². The Morgan fingerprint density at radius 2 is 1.89 bits per heavy atom. The highest BCUT2D eigenvalue weighted by atomic mass is 19.1. The van der Waals surface area contributed by atoms with E-state index in [9.17, 15) is 4.79 Å². The lowest BCUT2D eigenvalue weighted by molar-refractivity contribution is -0.128. The first kappa shape index (κ1) is 21.4. The average molecular weight is 467 g/mol. The van der Waals surface area contributed by atoms with Crippen molar-refractivity contribution in [3.63, 3.8) is 0 Å². The van der Waals surface area contributed by atoms with Crippen molar-refractivity contribution in [2.45, 2.75) is 18.9 Å². The fraction of sp³-hybridized carbons (Fsp3) is 0.172. The zero-order chi connectivity index (χ0) is 23.9. The van der Waals surface area contributed by atoms with Gasteiger partial charge in [0, 0.05) is 59.7 Å². The van der Waals surface area contributed by atoms with Crippen LogP contribution >= 0.6 is 0 Å². The number of halogens is 1. The molecule has 1 unspecified atom stereocenters. The number of methoxy groups -OCH3 is 1. The first-order valence-corrected chi connectivity index (χ1v) is 11.6. The van der Waals surface area contributed by atoms with Crippen LogP contribution in [0.2, 0.25) is 0 Å². The third-order valence-electron chi connectivity index (χ3n) is 6.83. The van der Waals surface area contributed by atoms with Crippen molar-refractivity contribution < 1.29 is 18.3 Å². The number of aromatic nitrogens is 1. The number of rotatable bonds is 5. The van der Waals surface area contributed by atoms with Crippen LogP contribution in [0.25, 0.3) is 33.1 Å². The van der Waals surface area contributed by atoms with Crippen molar-refractivity contribution >= 4 is 27.8 Å². The van der Waals surface area contributed by atoms with Crippen LogP contribution in [0.4, 0.5) is 4.39 Å². The summed E-state index contributed by atoms with van der Waals surface area (Å²) in [7, 11) is 1.62. The largest absolute Gasteiger partial charge is 0.493 e. The predicted molar refractivity (Wildman–Crippen MR) is 133 cm³/mol. The van der Waals surface area contributed by atoms with Gasteiger partial charge in [-0.15, -0.1) is 0 Å². The zero-order valence-electron chi connectivity index (χ0n) is 19.2. The maximum absolute atomic E-state index is 15.4. The highest BCUT2D eigenvalue weighted by molar-refractivity contribution is 6.09. The Bertz CT molecular complexity index is 1560. The molecule has 3 aromatic carbocycles. The van der Waals surface area contributed by atoms with E-state index in [1.54, 1.807) is 48.7 Å². The number of hydrogen-bond donors (Lipinski definition) is 0. The van der Waals surface area contributed by atoms with Gasteiger partial charge in [0.1, 0.15) is 11.4 Å². The predicted octanol–water partition coefficient (Wildman–Crippen LogP) is 6.31. The number of furan rings is 1. The molecule has 0 N–H and O–H groups in total. The van der Waals surface area contributed by atoms with Crippen LogP contribution in [0.15, 0.2) is 83.5 Å². The van der Waals surface area contributed by atoms with Crippen molar-refractivity contribution in [3.05, 3.63) is 96.1 Å². The van der Waals surface area contributed by atoms with Gasteiger partial charge in [-0.3, -0.25) is 9.78 Å². The minimum Gasteiger partial charge on any atom is -0.493 e. The van der Waals surface area contributed by atoms with E-state index in [0.29, 0.717) is 35.4 Å². The molecular formula is C29H23FN2O3. The number of carbonyl (C=O) groups excluding carboxylic acids is 1. The summed E-state index contributed by atoms with van der Waals surface area (Å²) >= 11 is 0. The monoisotopic (exact) mass is 466 g/mol. The fourth-order valence-electron chi connectivity index (χ4n) is 5.13. The second kappa shape index (κ2) is 8.55. The van der Waals surface area contributed by atoms with Gasteiger partial charge in [-0.1, -0.05) is 42.5 Å². The Hall–Kier alpha value is -4.19. The Morgan fingerprint density at radius 1 is 1.06 bits per heavy atom. The van der Waals surface area contributed by atoms with Gasteiger partial charge in [0.15, 0.2) is 11.3 Å². The standard InChI is InChI=1S/C29H23FN2O3/c1-34-25-10-9-21(27-23-6-2-3-8-24(23)35-29(25)27)20-15-26(33)32(17-20)16-19-5-4-7-22(28(19)30)18-11-13-31-14-12-18/h2-14,20H,15-17H2,1H3. The highest BCUT2D eigenvalue weighted by Crippen LogP contribution is 2.42. The molecule has 1 atom stereocenters. The molecule has 0 aliphatic carbocycles. The molecule has 3 heterocycles. The van der Waals surface area contributed by atoms with Crippen LogP contribution in [0.3, 0.4) is 0 Å². The zero-order valence-corrected chi connectivity index (χ0v) is 19.2. The molecule has 6 heteroatoms. The normalized spacial score (nSPS) is 15.9. The maximum atomic E-state index is 15.4. The van der Waals surface area contributed by atoms with Crippen LogP contribution in [0, 0.1) is 5.82 Å². The Morgan fingerprint density at radius 3 is 2.71 bits per heavy atom. The summed E-state index contributed by atoms with van der Waals surface area (Å²) in [4.78, 5) is 18.8. The summed E-state index contributed by atoms with van der Waals surface area (Å²) in [6.45, 7) is 0.740. The minimum atomic E-state index is -0.303. The van der Waals surface area contributed by atoms with Crippen molar-refractivity contribution in [1.82, 2.24) is 9.88 Å². The van der Waals surface area contributed by atoms with Gasteiger partial charge in [0.2, 0.25) is 5.91 Å². The number of fused-ring (bicyclic) bond motifs is 3. The van der Waals surface area contributed by atoms with E-state index in [2.05, 4.69) is 4.98 Å². The van der Waals surface area contributed by atoms with Crippen molar-refractivity contribution in [3.8, 4) is 16.9 Å². The minimum absolute atomic E-state index is 0.0143. The number of benzene rings is 3. The molecule has 0 radical (unpaired) electrons. The lowest BCUT2D eigenvalue weighted by Gasteiger charge is -2.19. The van der Waals surface area contributed by atoms with Gasteiger partial charge in [0.05, 0.1) is 7.11 Å². The molecule has 35 heavy (non-hydrogen) atoms. The second-order valence-corrected chi connectivity index (χ2v) is 8.85. The Balaban J connectivity index is 1.33. The van der Waals surface area contributed by atoms with Gasteiger partial charge in [-0.25, -0.2) is 4.39 Å². The van der Waals surface area contributed by atoms with Crippen LogP contribution in [-0.4, -0.2) is 29.4 Å². The average Bonchev–Trinajstić information content (AvgIpc) is 3.46. The summed E-state index contributed by atoms with van der Waals surface area (Å²) in [6.07, 6.45) is 3.66. The molecule has 1 fully saturated rings. The van der Waals surface area contributed by atoms with E-state index < -0.39 is 0 Å². The van der Waals surface area contributed by atoms with E-state index in [4.69, 9.17) is 9.15 Å².